The highest BCUT2D eigenvalue weighted by molar-refractivity contribution is 7.90. The Kier molecular flexibility index (Phi) is 11.2. The Morgan fingerprint density at radius 3 is 2.10 bits per heavy atom. The number of alkyl halides is 4. The van der Waals surface area contributed by atoms with Crippen molar-refractivity contribution in [1.82, 2.24) is 14.9 Å². The van der Waals surface area contributed by atoms with E-state index in [1.54, 1.807) is 0 Å². The Labute approximate surface area is 281 Å². The molecule has 0 bridgehead atoms. The summed E-state index contributed by atoms with van der Waals surface area (Å²) in [7, 11) is -7.85. The molecule has 0 saturated carbocycles. The third kappa shape index (κ3) is 9.61. The smallest absolute Gasteiger partial charge is 0.407 e. The van der Waals surface area contributed by atoms with Crippen LogP contribution in [-0.4, -0.2) is 76.1 Å². The van der Waals surface area contributed by atoms with Crippen molar-refractivity contribution >= 4 is 31.6 Å². The number of amides is 1. The highest BCUT2D eigenvalue weighted by Gasteiger charge is 2.44. The van der Waals surface area contributed by atoms with Crippen LogP contribution in [0.1, 0.15) is 44.7 Å². The summed E-state index contributed by atoms with van der Waals surface area (Å²) in [6, 6.07) is 9.20. The number of nitrogens with zero attached hydrogens (tertiary/aromatic N) is 2. The lowest BCUT2D eigenvalue weighted by molar-refractivity contribution is -0.646. The highest BCUT2D eigenvalue weighted by atomic mass is 32.2. The molecule has 49 heavy (non-hydrogen) atoms. The third-order valence-corrected chi connectivity index (χ3v) is 10.9. The summed E-state index contributed by atoms with van der Waals surface area (Å²) in [4.78, 5) is 26.7. The molecule has 4 rings (SSSR count). The number of sulfone groups is 1. The van der Waals surface area contributed by atoms with Gasteiger partial charge in [-0.1, -0.05) is 36.4 Å². The van der Waals surface area contributed by atoms with Gasteiger partial charge in [-0.3, -0.25) is 14.9 Å². The monoisotopic (exact) mass is 728 g/mol. The zero-order valence-corrected chi connectivity index (χ0v) is 28.4. The van der Waals surface area contributed by atoms with Gasteiger partial charge in [0, 0.05) is 31.4 Å². The van der Waals surface area contributed by atoms with E-state index in [0.717, 1.165) is 36.7 Å². The molecule has 0 spiro atoms. The molecule has 1 aromatic heterocycles. The Hall–Kier alpha value is -3.93. The second kappa shape index (κ2) is 14.5. The summed E-state index contributed by atoms with van der Waals surface area (Å²) < 4.78 is 109. The first kappa shape index (κ1) is 37.9. The van der Waals surface area contributed by atoms with E-state index in [4.69, 9.17) is 0 Å². The number of benzene rings is 2. The lowest BCUT2D eigenvalue weighted by Gasteiger charge is -2.31. The van der Waals surface area contributed by atoms with E-state index in [0.29, 0.717) is 11.1 Å². The van der Waals surface area contributed by atoms with Crippen molar-refractivity contribution in [2.75, 3.05) is 19.3 Å². The van der Waals surface area contributed by atoms with Crippen LogP contribution in [-0.2, 0) is 29.4 Å². The number of Topliss-reactive ketones (excluding diaryl/α,β-unsaturated/α-hetero) is 1. The molecular weight excluding hydrogens is 692 g/mol. The zero-order chi connectivity index (χ0) is 36.4. The van der Waals surface area contributed by atoms with Gasteiger partial charge in [0.2, 0.25) is 5.91 Å². The van der Waals surface area contributed by atoms with Crippen LogP contribution in [0.25, 0.3) is 11.1 Å². The van der Waals surface area contributed by atoms with Gasteiger partial charge in [-0.25, -0.2) is 21.2 Å². The quantitative estimate of drug-likeness (QED) is 0.172. The maximum atomic E-state index is 14.9. The molecule has 0 aliphatic carbocycles. The molecule has 1 amide bonds. The van der Waals surface area contributed by atoms with Crippen LogP contribution in [0.2, 0.25) is 0 Å². The number of sulfonamides is 1. The van der Waals surface area contributed by atoms with Crippen molar-refractivity contribution < 1.29 is 48.7 Å². The van der Waals surface area contributed by atoms with Gasteiger partial charge < -0.3 is 10.5 Å². The minimum atomic E-state index is -4.94. The first-order valence-corrected chi connectivity index (χ1v) is 18.4. The maximum Gasteiger partial charge on any atom is 0.407 e. The fourth-order valence-corrected chi connectivity index (χ4v) is 7.53. The molecule has 1 aliphatic rings. The second-order valence-corrected chi connectivity index (χ2v) is 16.3. The number of hydrogen-bond acceptors (Lipinski definition) is 8. The topological polar surface area (TPSA) is 157 Å². The summed E-state index contributed by atoms with van der Waals surface area (Å²) in [5, 5.41) is 16.1. The van der Waals surface area contributed by atoms with Gasteiger partial charge in [0.05, 0.1) is 23.5 Å². The van der Waals surface area contributed by atoms with E-state index in [-0.39, 0.29) is 34.6 Å². The van der Waals surface area contributed by atoms with Gasteiger partial charge in [-0.15, -0.1) is 0 Å². The molecule has 3 atom stereocenters. The van der Waals surface area contributed by atoms with Crippen LogP contribution in [0.4, 0.5) is 17.6 Å². The van der Waals surface area contributed by atoms with Gasteiger partial charge in [0.1, 0.15) is 11.7 Å². The predicted octanol–water partition coefficient (Wildman–Crippen LogP) is 3.63. The number of aromatic nitrogens is 1. The first-order valence-electron chi connectivity index (χ1n) is 15.1. The number of pyridine rings is 1. The van der Waals surface area contributed by atoms with Crippen molar-refractivity contribution in [2.24, 2.45) is 0 Å². The third-order valence-electron chi connectivity index (χ3n) is 7.89. The molecule has 266 valence electrons. The summed E-state index contributed by atoms with van der Waals surface area (Å²) in [5.41, 5.74) is -1.37. The molecule has 1 saturated heterocycles. The Bertz CT molecular complexity index is 1880. The first-order chi connectivity index (χ1) is 22.7. The van der Waals surface area contributed by atoms with Gasteiger partial charge in [0.15, 0.2) is 21.8 Å². The molecule has 1 fully saturated rings. The Morgan fingerprint density at radius 2 is 1.57 bits per heavy atom. The number of rotatable bonds is 11. The van der Waals surface area contributed by atoms with Crippen molar-refractivity contribution in [2.45, 2.75) is 73.0 Å². The van der Waals surface area contributed by atoms with Crippen LogP contribution >= 0.6 is 0 Å². The summed E-state index contributed by atoms with van der Waals surface area (Å²) in [6.07, 6.45) is -3.59. The zero-order valence-electron chi connectivity index (χ0n) is 26.8. The van der Waals surface area contributed by atoms with E-state index in [2.05, 4.69) is 10.6 Å². The van der Waals surface area contributed by atoms with Crippen molar-refractivity contribution in [3.8, 4) is 11.1 Å². The number of carbonyl (C=O) groups excluding carboxylic acids is 2. The highest BCUT2D eigenvalue weighted by Crippen LogP contribution is 2.35. The maximum absolute atomic E-state index is 14.9. The number of halogens is 4. The van der Waals surface area contributed by atoms with Crippen LogP contribution in [0.3, 0.4) is 0 Å². The van der Waals surface area contributed by atoms with Gasteiger partial charge in [-0.05, 0) is 61.6 Å². The van der Waals surface area contributed by atoms with E-state index < -0.39 is 79.5 Å². The van der Waals surface area contributed by atoms with Crippen LogP contribution in [0.5, 0.6) is 0 Å². The second-order valence-electron chi connectivity index (χ2n) is 12.4. The van der Waals surface area contributed by atoms with Crippen LogP contribution < -0.4 is 15.4 Å². The molecule has 2 aromatic carbocycles. The average Bonchev–Trinajstić information content (AvgIpc) is 3.19. The standard InChI is InChI=1S/C32H36F4N4O7S2/c1-31(2,33)19-26(30(42)38-25-7-6-17-39(20-27(25)41)49(46,47)28-8-4-5-18-40(28)43)37-29(32(34,35)36)23-11-9-21(10-12-23)22-13-15-24(16-14-22)48(3,44)45/h4-5,8-16,18,25-26,29,37H,6-7,17,19-20H2,1-3H3,(H,38,42)/t25?,26-,29-/m0/s1. The molecule has 17 heteroatoms. The van der Waals surface area contributed by atoms with Crippen LogP contribution in [0.15, 0.2) is 82.8 Å². The molecule has 2 heterocycles. The van der Waals surface area contributed by atoms with Gasteiger partial charge in [-0.2, -0.15) is 22.2 Å². The SMILES string of the molecule is CC(C)(F)C[C@H](N[C@@H](c1ccc(-c2ccc(S(C)(=O)=O)cc2)cc1)C(F)(F)F)C(=O)NC1CCCN(S(=O)(=O)c2cccc[n+]2[O-])CC1=O. The van der Waals surface area contributed by atoms with Crippen molar-refractivity contribution in [3.05, 3.63) is 83.7 Å². The van der Waals surface area contributed by atoms with Gasteiger partial charge in [0.25, 0.3) is 0 Å². The predicted molar refractivity (Wildman–Crippen MR) is 171 cm³/mol. The number of nitrogens with one attached hydrogen (secondary N) is 2. The van der Waals surface area contributed by atoms with Crippen LogP contribution in [0, 0.1) is 5.21 Å². The molecule has 1 aliphatic heterocycles. The van der Waals surface area contributed by atoms with Crippen molar-refractivity contribution in [1.29, 1.82) is 0 Å². The molecule has 0 radical (unpaired) electrons. The largest absolute Gasteiger partial charge is 0.618 e. The van der Waals surface area contributed by atoms with E-state index in [9.17, 15) is 49.2 Å². The molecule has 3 aromatic rings. The summed E-state index contributed by atoms with van der Waals surface area (Å²) in [5.74, 6) is -1.84. The number of ketones is 1. The van der Waals surface area contributed by atoms with Gasteiger partial charge >= 0.3 is 21.2 Å². The normalized spacial score (nSPS) is 18.0. The van der Waals surface area contributed by atoms with E-state index in [1.807, 2.05) is 0 Å². The Morgan fingerprint density at radius 1 is 0.980 bits per heavy atom. The average molecular weight is 729 g/mol. The fourth-order valence-electron chi connectivity index (χ4n) is 5.43. The molecule has 11 nitrogen and oxygen atoms in total. The number of hydrogen-bond donors (Lipinski definition) is 2. The van der Waals surface area contributed by atoms with Crippen molar-refractivity contribution in [3.63, 3.8) is 0 Å². The minimum Gasteiger partial charge on any atom is -0.618 e. The van der Waals surface area contributed by atoms with E-state index in [1.165, 1.54) is 60.7 Å². The lowest BCUT2D eigenvalue weighted by atomic mass is 9.96. The Balaban J connectivity index is 1.53. The summed E-state index contributed by atoms with van der Waals surface area (Å²) >= 11 is 0. The number of carbonyl (C=O) groups is 2. The van der Waals surface area contributed by atoms with E-state index >= 15 is 0 Å². The summed E-state index contributed by atoms with van der Waals surface area (Å²) in [6.45, 7) is 1.31. The minimum absolute atomic E-state index is 0.0518. The molecular formula is C32H36F4N4O7S2. The molecule has 1 unspecified atom stereocenters. The molecule has 2 N–H and O–H groups in total. The fraction of sp³-hybridized carbons (Fsp3) is 0.406. The lowest BCUT2D eigenvalue weighted by Crippen LogP contribution is -2.54.